The molecule has 2 atom stereocenters. The largest absolute Gasteiger partial charge is 0.496 e. The fraction of sp³-hybridized carbons (Fsp3) is 0.500. The minimum atomic E-state index is -3.38. The molecular formula is C26H36N2O4S. The van der Waals surface area contributed by atoms with Crippen molar-refractivity contribution < 1.29 is 17.9 Å². The second-order valence-corrected chi connectivity index (χ2v) is 10.9. The van der Waals surface area contributed by atoms with Crippen molar-refractivity contribution in [1.29, 1.82) is 0 Å². The van der Waals surface area contributed by atoms with Crippen molar-refractivity contribution in [3.8, 4) is 5.75 Å². The van der Waals surface area contributed by atoms with Crippen molar-refractivity contribution in [3.05, 3.63) is 65.2 Å². The van der Waals surface area contributed by atoms with Crippen LogP contribution in [0.5, 0.6) is 5.75 Å². The molecule has 1 saturated heterocycles. The van der Waals surface area contributed by atoms with Crippen LogP contribution in [0.4, 0.5) is 0 Å². The van der Waals surface area contributed by atoms with E-state index in [0.29, 0.717) is 25.8 Å². The molecule has 0 radical (unpaired) electrons. The highest BCUT2D eigenvalue weighted by molar-refractivity contribution is 7.89. The number of aryl methyl sites for hydroxylation is 2. The topological polar surface area (TPSA) is 75.7 Å². The van der Waals surface area contributed by atoms with Crippen molar-refractivity contribution in [2.45, 2.75) is 52.0 Å². The molecule has 0 aliphatic carbocycles. The number of nitrogens with zero attached hydrogens (tertiary/aromatic N) is 1. The van der Waals surface area contributed by atoms with Crippen molar-refractivity contribution in [1.82, 2.24) is 9.62 Å². The van der Waals surface area contributed by atoms with Crippen LogP contribution in [0.3, 0.4) is 0 Å². The molecule has 1 fully saturated rings. The van der Waals surface area contributed by atoms with Gasteiger partial charge in [-0.25, -0.2) is 12.7 Å². The number of methoxy groups -OCH3 is 1. The van der Waals surface area contributed by atoms with Crippen LogP contribution in [-0.2, 0) is 21.2 Å². The number of sulfonamides is 1. The third kappa shape index (κ3) is 6.81. The van der Waals surface area contributed by atoms with Gasteiger partial charge in [0.25, 0.3) is 0 Å². The first-order valence-corrected chi connectivity index (χ1v) is 13.4. The lowest BCUT2D eigenvalue weighted by molar-refractivity contribution is -0.126. The fourth-order valence-electron chi connectivity index (χ4n) is 4.47. The van der Waals surface area contributed by atoms with Gasteiger partial charge in [-0.2, -0.15) is 0 Å². The number of nitrogens with one attached hydrogen (secondary N) is 1. The molecule has 33 heavy (non-hydrogen) atoms. The number of piperidine rings is 1. The quantitative estimate of drug-likeness (QED) is 0.561. The number of benzene rings is 2. The minimum absolute atomic E-state index is 0.0699. The van der Waals surface area contributed by atoms with Gasteiger partial charge in [-0.05, 0) is 61.8 Å². The van der Waals surface area contributed by atoms with Gasteiger partial charge in [-0.15, -0.1) is 0 Å². The maximum atomic E-state index is 13.1. The van der Waals surface area contributed by atoms with Crippen LogP contribution in [0.1, 0.15) is 55.3 Å². The smallest absolute Gasteiger partial charge is 0.224 e. The van der Waals surface area contributed by atoms with Gasteiger partial charge in [0, 0.05) is 13.1 Å². The molecular weight excluding hydrogens is 436 g/mol. The first-order valence-electron chi connectivity index (χ1n) is 11.8. The molecule has 3 rings (SSSR count). The zero-order chi connectivity index (χ0) is 23.8. The van der Waals surface area contributed by atoms with Gasteiger partial charge in [0.2, 0.25) is 15.9 Å². The molecule has 0 aromatic heterocycles. The van der Waals surface area contributed by atoms with Crippen LogP contribution < -0.4 is 10.1 Å². The first-order chi connectivity index (χ1) is 15.8. The monoisotopic (exact) mass is 472 g/mol. The molecule has 0 saturated carbocycles. The summed E-state index contributed by atoms with van der Waals surface area (Å²) in [5.74, 6) is 0.537. The van der Waals surface area contributed by atoms with Crippen LogP contribution in [0.2, 0.25) is 0 Å². The third-order valence-electron chi connectivity index (χ3n) is 6.40. The third-order valence-corrected chi connectivity index (χ3v) is 8.33. The van der Waals surface area contributed by atoms with Crippen molar-refractivity contribution in [2.75, 3.05) is 26.0 Å². The Balaban J connectivity index is 1.58. The number of ether oxygens (including phenoxy) is 1. The highest BCUT2D eigenvalue weighted by atomic mass is 32.2. The van der Waals surface area contributed by atoms with Crippen LogP contribution in [0.25, 0.3) is 0 Å². The maximum Gasteiger partial charge on any atom is 0.224 e. The Morgan fingerprint density at radius 2 is 1.97 bits per heavy atom. The average molecular weight is 473 g/mol. The summed E-state index contributed by atoms with van der Waals surface area (Å²) in [6.07, 6.45) is 3.48. The molecule has 1 aliphatic heterocycles. The SMILES string of the molecule is CC[C@H](NC(=O)[C@@H]1CCCN(S(=O)(=O)CCCc2ccccc2)C1)c1ccc(OC)c(C)c1. The summed E-state index contributed by atoms with van der Waals surface area (Å²) >= 11 is 0. The first kappa shape index (κ1) is 25.2. The van der Waals surface area contributed by atoms with Crippen LogP contribution in [0.15, 0.2) is 48.5 Å². The Morgan fingerprint density at radius 3 is 2.64 bits per heavy atom. The summed E-state index contributed by atoms with van der Waals surface area (Å²) in [5, 5.41) is 3.15. The summed E-state index contributed by atoms with van der Waals surface area (Å²) in [4.78, 5) is 13.1. The summed E-state index contributed by atoms with van der Waals surface area (Å²) < 4.78 is 32.7. The van der Waals surface area contributed by atoms with E-state index in [1.165, 1.54) is 4.31 Å². The molecule has 0 unspecified atom stereocenters. The summed E-state index contributed by atoms with van der Waals surface area (Å²) in [7, 11) is -1.74. The van der Waals surface area contributed by atoms with Crippen LogP contribution in [-0.4, -0.2) is 44.6 Å². The Labute approximate surface area is 198 Å². The van der Waals surface area contributed by atoms with E-state index in [-0.39, 0.29) is 30.2 Å². The Morgan fingerprint density at radius 1 is 1.21 bits per heavy atom. The molecule has 1 amide bonds. The molecule has 2 aromatic carbocycles. The number of carbonyl (C=O) groups excluding carboxylic acids is 1. The number of carbonyl (C=O) groups is 1. The lowest BCUT2D eigenvalue weighted by Gasteiger charge is -2.32. The van der Waals surface area contributed by atoms with Crippen molar-refractivity contribution >= 4 is 15.9 Å². The van der Waals surface area contributed by atoms with Crippen LogP contribution in [0, 0.1) is 12.8 Å². The fourth-order valence-corrected chi connectivity index (χ4v) is 6.05. The Bertz CT molecular complexity index is 1020. The Hall–Kier alpha value is -2.38. The summed E-state index contributed by atoms with van der Waals surface area (Å²) in [6, 6.07) is 15.7. The lowest BCUT2D eigenvalue weighted by atomic mass is 9.96. The second-order valence-electron chi connectivity index (χ2n) is 8.80. The summed E-state index contributed by atoms with van der Waals surface area (Å²) in [5.41, 5.74) is 3.20. The van der Waals surface area contributed by atoms with E-state index in [9.17, 15) is 13.2 Å². The summed E-state index contributed by atoms with van der Waals surface area (Å²) in [6.45, 7) is 4.78. The molecule has 6 nitrogen and oxygen atoms in total. The second kappa shape index (κ2) is 11.7. The molecule has 1 heterocycles. The van der Waals surface area contributed by atoms with E-state index in [1.807, 2.05) is 62.4 Å². The number of amides is 1. The molecule has 2 aromatic rings. The van der Waals surface area contributed by atoms with Gasteiger partial charge in [0.15, 0.2) is 0 Å². The number of hydrogen-bond donors (Lipinski definition) is 1. The van der Waals surface area contributed by atoms with Gasteiger partial charge in [0.1, 0.15) is 5.75 Å². The average Bonchev–Trinajstić information content (AvgIpc) is 2.83. The van der Waals surface area contributed by atoms with Crippen molar-refractivity contribution in [3.63, 3.8) is 0 Å². The van der Waals surface area contributed by atoms with Gasteiger partial charge in [-0.1, -0.05) is 49.4 Å². The Kier molecular flexibility index (Phi) is 8.92. The van der Waals surface area contributed by atoms with E-state index in [0.717, 1.165) is 35.3 Å². The van der Waals surface area contributed by atoms with Crippen LogP contribution >= 0.6 is 0 Å². The molecule has 180 valence electrons. The van der Waals surface area contributed by atoms with E-state index in [4.69, 9.17) is 4.74 Å². The highest BCUT2D eigenvalue weighted by Gasteiger charge is 2.32. The highest BCUT2D eigenvalue weighted by Crippen LogP contribution is 2.26. The van der Waals surface area contributed by atoms with Gasteiger partial charge >= 0.3 is 0 Å². The van der Waals surface area contributed by atoms with Gasteiger partial charge in [0.05, 0.1) is 24.8 Å². The van der Waals surface area contributed by atoms with E-state index in [1.54, 1.807) is 7.11 Å². The number of rotatable bonds is 10. The zero-order valence-corrected chi connectivity index (χ0v) is 20.7. The van der Waals surface area contributed by atoms with E-state index >= 15 is 0 Å². The normalized spacial score (nSPS) is 18.0. The van der Waals surface area contributed by atoms with E-state index < -0.39 is 10.0 Å². The molecule has 7 heteroatoms. The predicted octanol–water partition coefficient (Wildman–Crippen LogP) is 4.25. The van der Waals surface area contributed by atoms with Gasteiger partial charge in [-0.3, -0.25) is 4.79 Å². The molecule has 0 bridgehead atoms. The van der Waals surface area contributed by atoms with E-state index in [2.05, 4.69) is 5.32 Å². The predicted molar refractivity (Wildman–Crippen MR) is 132 cm³/mol. The zero-order valence-electron chi connectivity index (χ0n) is 19.9. The van der Waals surface area contributed by atoms with Crippen molar-refractivity contribution in [2.24, 2.45) is 5.92 Å². The minimum Gasteiger partial charge on any atom is -0.496 e. The van der Waals surface area contributed by atoms with Gasteiger partial charge < -0.3 is 10.1 Å². The number of hydrogen-bond acceptors (Lipinski definition) is 4. The molecule has 1 aliphatic rings. The molecule has 1 N–H and O–H groups in total. The standard InChI is InChI=1S/C26H36N2O4S/c1-4-24(22-14-15-25(32-3)20(2)18-22)27-26(29)23-13-8-16-28(19-23)33(30,31)17-9-12-21-10-6-5-7-11-21/h5-7,10-11,14-15,18,23-24H,4,8-9,12-13,16-17,19H2,1-3H3,(H,27,29)/t23-,24+/m1/s1. The lowest BCUT2D eigenvalue weighted by Crippen LogP contribution is -2.46. The maximum absolute atomic E-state index is 13.1. The molecule has 0 spiro atoms.